The molecule has 0 fully saturated rings. The Morgan fingerprint density at radius 1 is 0.500 bits per heavy atom. The van der Waals surface area contributed by atoms with Crippen LogP contribution < -0.4 is 0 Å². The molecule has 46 heavy (non-hydrogen) atoms. The maximum Gasteiger partial charge on any atom is 0.306 e. The number of hydrogen-bond donors (Lipinski definition) is 1. The van der Waals surface area contributed by atoms with Crippen LogP contribution in [0.4, 0.5) is 0 Å². The maximum atomic E-state index is 12.1. The third kappa shape index (κ3) is 34.7. The summed E-state index contributed by atoms with van der Waals surface area (Å²) in [6, 6.07) is 0. The normalized spacial score (nSPS) is 12.7. The monoisotopic (exact) mass is 645 g/mol. The molecule has 266 valence electrons. The summed E-state index contributed by atoms with van der Waals surface area (Å²) in [5.74, 6) is -0.619. The van der Waals surface area contributed by atoms with Crippen LogP contribution in [0.5, 0.6) is 0 Å². The van der Waals surface area contributed by atoms with Crippen molar-refractivity contribution < 1.29 is 24.2 Å². The van der Waals surface area contributed by atoms with E-state index in [1.54, 1.807) is 0 Å². The van der Waals surface area contributed by atoms with Crippen LogP contribution in [0, 0.1) is 0 Å². The highest BCUT2D eigenvalue weighted by molar-refractivity contribution is 5.70. The van der Waals surface area contributed by atoms with Crippen LogP contribution >= 0.6 is 0 Å². The molecule has 0 spiro atoms. The molecule has 1 atom stereocenters. The molecule has 0 aliphatic heterocycles. The number of rotatable bonds is 34. The molecule has 0 bridgehead atoms. The lowest BCUT2D eigenvalue weighted by Gasteiger charge is -2.15. The smallest absolute Gasteiger partial charge is 0.306 e. The number of carbonyl (C=O) groups excluding carboxylic acids is 2. The lowest BCUT2D eigenvalue weighted by atomic mass is 10.1. The molecule has 0 aliphatic carbocycles. The van der Waals surface area contributed by atoms with Gasteiger partial charge >= 0.3 is 11.9 Å². The summed E-state index contributed by atoms with van der Waals surface area (Å²) in [5, 5.41) is 9.53. The van der Waals surface area contributed by atoms with E-state index in [9.17, 15) is 14.7 Å². The molecule has 0 saturated heterocycles. The highest BCUT2D eigenvalue weighted by atomic mass is 16.6. The minimum absolute atomic E-state index is 0.0766. The molecule has 1 N–H and O–H groups in total. The number of carbonyl (C=O) groups is 2. The van der Waals surface area contributed by atoms with Crippen molar-refractivity contribution in [2.45, 2.75) is 187 Å². The topological polar surface area (TPSA) is 72.8 Å². The molecule has 0 aromatic heterocycles. The molecule has 0 aliphatic rings. The van der Waals surface area contributed by atoms with Gasteiger partial charge in [-0.25, -0.2) is 0 Å². The van der Waals surface area contributed by atoms with Crippen molar-refractivity contribution in [3.63, 3.8) is 0 Å². The average Bonchev–Trinajstić information content (AvgIpc) is 3.06. The van der Waals surface area contributed by atoms with Gasteiger partial charge < -0.3 is 14.6 Å². The summed E-state index contributed by atoms with van der Waals surface area (Å²) in [7, 11) is 0. The Kier molecular flexibility index (Phi) is 35.6. The van der Waals surface area contributed by atoms with Crippen LogP contribution in [0.25, 0.3) is 0 Å². The molecule has 0 aromatic carbocycles. The van der Waals surface area contributed by atoms with Gasteiger partial charge in [-0.1, -0.05) is 146 Å². The van der Waals surface area contributed by atoms with Gasteiger partial charge in [-0.3, -0.25) is 9.59 Å². The van der Waals surface area contributed by atoms with Gasteiger partial charge in [-0.05, 0) is 70.6 Å². The average molecular weight is 645 g/mol. The first-order valence-corrected chi connectivity index (χ1v) is 19.2. The molecular formula is C41H72O5. The van der Waals surface area contributed by atoms with E-state index < -0.39 is 6.10 Å². The molecular weight excluding hydrogens is 572 g/mol. The van der Waals surface area contributed by atoms with E-state index >= 15 is 0 Å². The van der Waals surface area contributed by atoms with Crippen LogP contribution in [-0.4, -0.2) is 36.4 Å². The van der Waals surface area contributed by atoms with Gasteiger partial charge in [0, 0.05) is 12.8 Å². The fourth-order valence-corrected chi connectivity index (χ4v) is 5.13. The summed E-state index contributed by atoms with van der Waals surface area (Å²) in [6.45, 7) is 4.06. The van der Waals surface area contributed by atoms with E-state index in [4.69, 9.17) is 9.47 Å². The number of esters is 2. The second kappa shape index (κ2) is 37.3. The minimum Gasteiger partial charge on any atom is -0.462 e. The Labute approximate surface area is 284 Å². The first-order chi connectivity index (χ1) is 22.6. The third-order valence-corrected chi connectivity index (χ3v) is 8.10. The predicted octanol–water partition coefficient (Wildman–Crippen LogP) is 11.8. The van der Waals surface area contributed by atoms with E-state index in [-0.39, 0.29) is 25.2 Å². The van der Waals surface area contributed by atoms with E-state index in [1.165, 1.54) is 89.9 Å². The molecule has 5 nitrogen and oxygen atoms in total. The molecule has 0 rings (SSSR count). The van der Waals surface area contributed by atoms with Gasteiger partial charge in [0.05, 0.1) is 6.61 Å². The van der Waals surface area contributed by atoms with Crippen molar-refractivity contribution in [1.29, 1.82) is 0 Å². The standard InChI is InChI=1S/C41H72O5/c1-3-5-7-9-11-13-15-16-17-18-19-20-21-22-23-24-26-28-30-32-34-36-41(44)46-39(37-42)38-45-40(43)35-33-31-29-27-25-14-12-10-8-6-4-2/h10,12,15-16,18-19,21-22,39,42H,3-9,11,13-14,17,20,23-38H2,1-2H3/b12-10-,16-15-,19-18-,22-21-. The van der Waals surface area contributed by atoms with Crippen molar-refractivity contribution in [3.8, 4) is 0 Å². The van der Waals surface area contributed by atoms with Crippen molar-refractivity contribution in [3.05, 3.63) is 48.6 Å². The number of aliphatic hydroxyl groups is 1. The zero-order valence-electron chi connectivity index (χ0n) is 30.1. The van der Waals surface area contributed by atoms with Gasteiger partial charge in [0.15, 0.2) is 6.10 Å². The number of allylic oxidation sites excluding steroid dienone is 8. The second-order valence-corrected chi connectivity index (χ2v) is 12.6. The van der Waals surface area contributed by atoms with E-state index in [1.807, 2.05) is 0 Å². The zero-order chi connectivity index (χ0) is 33.6. The summed E-state index contributed by atoms with van der Waals surface area (Å²) < 4.78 is 10.6. The number of unbranched alkanes of at least 4 members (excludes halogenated alkanes) is 18. The molecule has 0 amide bonds. The van der Waals surface area contributed by atoms with Crippen LogP contribution in [0.1, 0.15) is 181 Å². The third-order valence-electron chi connectivity index (χ3n) is 8.10. The number of aliphatic hydroxyl groups excluding tert-OH is 1. The Morgan fingerprint density at radius 3 is 1.39 bits per heavy atom. The first kappa shape index (κ1) is 43.9. The molecule has 0 heterocycles. The van der Waals surface area contributed by atoms with Gasteiger partial charge in [0.1, 0.15) is 6.61 Å². The van der Waals surface area contributed by atoms with E-state index in [2.05, 4.69) is 62.5 Å². The Morgan fingerprint density at radius 2 is 0.891 bits per heavy atom. The summed E-state index contributed by atoms with van der Waals surface area (Å²) in [5.41, 5.74) is 0. The van der Waals surface area contributed by atoms with E-state index in [0.717, 1.165) is 64.2 Å². The summed E-state index contributed by atoms with van der Waals surface area (Å²) in [6.07, 6.45) is 46.0. The second-order valence-electron chi connectivity index (χ2n) is 12.6. The quantitative estimate of drug-likeness (QED) is 0.0429. The van der Waals surface area contributed by atoms with Gasteiger partial charge in [0.2, 0.25) is 0 Å². The Hall–Kier alpha value is -2.14. The Balaban J connectivity index is 3.60. The fourth-order valence-electron chi connectivity index (χ4n) is 5.13. The zero-order valence-corrected chi connectivity index (χ0v) is 30.1. The van der Waals surface area contributed by atoms with Crippen molar-refractivity contribution in [2.24, 2.45) is 0 Å². The highest BCUT2D eigenvalue weighted by Crippen LogP contribution is 2.12. The molecule has 5 heteroatoms. The minimum atomic E-state index is -0.780. The lowest BCUT2D eigenvalue weighted by molar-refractivity contribution is -0.161. The maximum absolute atomic E-state index is 12.1. The molecule has 0 saturated carbocycles. The molecule has 0 aromatic rings. The fraction of sp³-hybridized carbons (Fsp3) is 0.756. The van der Waals surface area contributed by atoms with Crippen LogP contribution in [0.2, 0.25) is 0 Å². The van der Waals surface area contributed by atoms with Gasteiger partial charge in [-0.15, -0.1) is 0 Å². The number of ether oxygens (including phenoxy) is 2. The molecule has 0 radical (unpaired) electrons. The van der Waals surface area contributed by atoms with Crippen LogP contribution in [0.15, 0.2) is 48.6 Å². The first-order valence-electron chi connectivity index (χ1n) is 19.2. The van der Waals surface area contributed by atoms with Gasteiger partial charge in [0.25, 0.3) is 0 Å². The van der Waals surface area contributed by atoms with Crippen molar-refractivity contribution in [1.82, 2.24) is 0 Å². The largest absolute Gasteiger partial charge is 0.462 e. The highest BCUT2D eigenvalue weighted by Gasteiger charge is 2.16. The van der Waals surface area contributed by atoms with Crippen LogP contribution in [-0.2, 0) is 19.1 Å². The summed E-state index contributed by atoms with van der Waals surface area (Å²) in [4.78, 5) is 24.2. The van der Waals surface area contributed by atoms with Crippen molar-refractivity contribution in [2.75, 3.05) is 13.2 Å². The lowest BCUT2D eigenvalue weighted by Crippen LogP contribution is -2.28. The van der Waals surface area contributed by atoms with Crippen LogP contribution in [0.3, 0.4) is 0 Å². The van der Waals surface area contributed by atoms with Gasteiger partial charge in [-0.2, -0.15) is 0 Å². The number of hydrogen-bond acceptors (Lipinski definition) is 5. The molecule has 1 unspecified atom stereocenters. The SMILES string of the molecule is CCCC/C=C\CCCCCCCC(=O)OCC(CO)OC(=O)CCCCCCCC/C=C\C/C=C\C/C=C\CCCCCCC. The van der Waals surface area contributed by atoms with Crippen molar-refractivity contribution >= 4 is 11.9 Å². The summed E-state index contributed by atoms with van der Waals surface area (Å²) >= 11 is 0. The van der Waals surface area contributed by atoms with E-state index in [0.29, 0.717) is 12.8 Å². The predicted molar refractivity (Wildman–Crippen MR) is 196 cm³/mol. The Bertz CT molecular complexity index is 782.